The Hall–Kier alpha value is -3.59. The average Bonchev–Trinajstić information content (AvgIpc) is 2.83. The number of carbonyl (C=O) groups excluding carboxylic acids is 3. The van der Waals surface area contributed by atoms with Crippen molar-refractivity contribution in [3.8, 4) is 0 Å². The maximum atomic E-state index is 12.4. The first-order valence-electron chi connectivity index (χ1n) is 11.0. The smallest absolute Gasteiger partial charge is 0.279 e. The van der Waals surface area contributed by atoms with Gasteiger partial charge in [-0.05, 0) is 69.3 Å². The Morgan fingerprint density at radius 2 is 1.15 bits per heavy atom. The molecule has 2 aromatic carbocycles. The fourth-order valence-corrected chi connectivity index (χ4v) is 3.10. The summed E-state index contributed by atoms with van der Waals surface area (Å²) in [5.41, 5.74) is 2.86. The van der Waals surface area contributed by atoms with Crippen molar-refractivity contribution in [3.05, 3.63) is 48.5 Å². The lowest BCUT2D eigenvalue weighted by Gasteiger charge is -2.34. The third-order valence-corrected chi connectivity index (χ3v) is 5.40. The van der Waals surface area contributed by atoms with Crippen molar-refractivity contribution in [1.82, 2.24) is 0 Å². The SMILES string of the molecule is CCC(=O)Nc1ccc(N=Nc2ccc(NC(=O)C[N+](CC)(CC)CC)cc2)cc1.O=C[O-]. The van der Waals surface area contributed by atoms with Gasteiger partial charge in [-0.3, -0.25) is 9.59 Å². The number of carbonyl (C=O) groups is 3. The Balaban J connectivity index is 0.00000172. The van der Waals surface area contributed by atoms with Crippen LogP contribution in [0, 0.1) is 0 Å². The molecule has 0 aliphatic heterocycles. The molecule has 9 nitrogen and oxygen atoms in total. The summed E-state index contributed by atoms with van der Waals surface area (Å²) in [6.45, 7) is 10.9. The molecular formula is C24H33N5O4. The van der Waals surface area contributed by atoms with E-state index >= 15 is 0 Å². The van der Waals surface area contributed by atoms with Gasteiger partial charge in [-0.15, -0.1) is 0 Å². The quantitative estimate of drug-likeness (QED) is 0.322. The number of carboxylic acid groups (broad SMARTS) is 1. The zero-order valence-corrected chi connectivity index (χ0v) is 19.7. The van der Waals surface area contributed by atoms with Gasteiger partial charge in [0.1, 0.15) is 0 Å². The van der Waals surface area contributed by atoms with Crippen molar-refractivity contribution in [2.24, 2.45) is 10.2 Å². The van der Waals surface area contributed by atoms with Crippen molar-refractivity contribution >= 4 is 41.0 Å². The number of hydrogen-bond acceptors (Lipinski definition) is 6. The fraction of sp³-hybridized carbons (Fsp3) is 0.375. The predicted octanol–water partition coefficient (Wildman–Crippen LogP) is 3.63. The van der Waals surface area contributed by atoms with Gasteiger partial charge < -0.3 is 25.0 Å². The first-order valence-corrected chi connectivity index (χ1v) is 11.0. The molecule has 0 aliphatic carbocycles. The van der Waals surface area contributed by atoms with Crippen molar-refractivity contribution in [1.29, 1.82) is 0 Å². The Morgan fingerprint density at radius 3 is 1.48 bits per heavy atom. The van der Waals surface area contributed by atoms with Gasteiger partial charge in [-0.25, -0.2) is 0 Å². The number of azo groups is 1. The van der Waals surface area contributed by atoms with Crippen LogP contribution in [0.15, 0.2) is 58.8 Å². The first-order chi connectivity index (χ1) is 15.8. The van der Waals surface area contributed by atoms with Crippen LogP contribution >= 0.6 is 0 Å². The van der Waals surface area contributed by atoms with E-state index in [2.05, 4.69) is 41.6 Å². The molecule has 2 aromatic rings. The molecule has 178 valence electrons. The van der Waals surface area contributed by atoms with Crippen LogP contribution in [0.1, 0.15) is 34.1 Å². The summed E-state index contributed by atoms with van der Waals surface area (Å²) in [6, 6.07) is 14.5. The monoisotopic (exact) mass is 455 g/mol. The number of rotatable bonds is 10. The lowest BCUT2D eigenvalue weighted by Crippen LogP contribution is -2.51. The molecule has 2 amide bonds. The largest absolute Gasteiger partial charge is 0.554 e. The molecule has 0 unspecified atom stereocenters. The number of benzene rings is 2. The van der Waals surface area contributed by atoms with Crippen molar-refractivity contribution in [3.63, 3.8) is 0 Å². The summed E-state index contributed by atoms with van der Waals surface area (Å²) >= 11 is 0. The summed E-state index contributed by atoms with van der Waals surface area (Å²) in [5, 5.41) is 22.4. The molecule has 0 atom stereocenters. The number of hydrogen-bond donors (Lipinski definition) is 2. The van der Waals surface area contributed by atoms with Gasteiger partial charge in [0.05, 0.1) is 31.0 Å². The lowest BCUT2D eigenvalue weighted by atomic mass is 10.2. The molecule has 33 heavy (non-hydrogen) atoms. The fourth-order valence-electron chi connectivity index (χ4n) is 3.10. The summed E-state index contributed by atoms with van der Waals surface area (Å²) in [5.74, 6) is -0.00884. The molecule has 0 aromatic heterocycles. The van der Waals surface area contributed by atoms with Gasteiger partial charge in [0, 0.05) is 24.3 Å². The highest BCUT2D eigenvalue weighted by molar-refractivity contribution is 5.92. The zero-order chi connectivity index (χ0) is 24.7. The van der Waals surface area contributed by atoms with Gasteiger partial charge >= 0.3 is 0 Å². The van der Waals surface area contributed by atoms with Gasteiger partial charge in [0.2, 0.25) is 5.91 Å². The van der Waals surface area contributed by atoms with Gasteiger partial charge in [-0.1, -0.05) is 6.92 Å². The van der Waals surface area contributed by atoms with Crippen molar-refractivity contribution in [2.75, 3.05) is 36.8 Å². The third-order valence-electron chi connectivity index (χ3n) is 5.40. The van der Waals surface area contributed by atoms with Crippen molar-refractivity contribution in [2.45, 2.75) is 34.1 Å². The van der Waals surface area contributed by atoms with Crippen LogP contribution in [-0.2, 0) is 14.4 Å². The molecule has 0 aliphatic rings. The Kier molecular flexibility index (Phi) is 12.0. The summed E-state index contributed by atoms with van der Waals surface area (Å²) in [7, 11) is 0. The van der Waals surface area contributed by atoms with E-state index in [1.54, 1.807) is 24.3 Å². The summed E-state index contributed by atoms with van der Waals surface area (Å²) < 4.78 is 0.777. The Labute approximate surface area is 195 Å². The molecule has 0 fully saturated rings. The first kappa shape index (κ1) is 27.4. The van der Waals surface area contributed by atoms with E-state index in [1.807, 2.05) is 31.2 Å². The van der Waals surface area contributed by atoms with Crippen LogP contribution in [0.25, 0.3) is 0 Å². The van der Waals surface area contributed by atoms with Gasteiger partial charge in [0.25, 0.3) is 5.91 Å². The highest BCUT2D eigenvalue weighted by Crippen LogP contribution is 2.22. The van der Waals surface area contributed by atoms with E-state index < -0.39 is 6.47 Å². The summed E-state index contributed by atoms with van der Waals surface area (Å²) in [6.07, 6.45) is 0.438. The summed E-state index contributed by atoms with van der Waals surface area (Å²) in [4.78, 5) is 32.1. The number of nitrogens with zero attached hydrogens (tertiary/aromatic N) is 3. The van der Waals surface area contributed by atoms with E-state index in [1.165, 1.54) is 0 Å². The van der Waals surface area contributed by atoms with E-state index in [0.29, 0.717) is 24.3 Å². The van der Waals surface area contributed by atoms with Crippen LogP contribution in [-0.4, -0.2) is 48.9 Å². The van der Waals surface area contributed by atoms with Crippen LogP contribution in [0.2, 0.25) is 0 Å². The number of amides is 2. The molecule has 0 bridgehead atoms. The molecule has 0 radical (unpaired) electrons. The standard InChI is InChI=1S/C23H31N5O2.CH2O2/c1-5-22(29)24-18-9-13-20(14-10-18)26-27-21-15-11-19(12-16-21)25-23(30)17-28(6-2,7-3)8-4;2-1-3/h9-16H,5-8,17H2,1-4H3,(H-,24,25,26,27,29,30);1H,(H,2,3). The van der Waals surface area contributed by atoms with E-state index in [9.17, 15) is 9.59 Å². The van der Waals surface area contributed by atoms with Gasteiger partial charge in [-0.2, -0.15) is 10.2 Å². The third kappa shape index (κ3) is 9.61. The average molecular weight is 456 g/mol. The molecular weight excluding hydrogens is 422 g/mol. The zero-order valence-electron chi connectivity index (χ0n) is 19.7. The van der Waals surface area contributed by atoms with E-state index in [-0.39, 0.29) is 11.8 Å². The Bertz CT molecular complexity index is 899. The second kappa shape index (κ2) is 14.5. The van der Waals surface area contributed by atoms with Crippen LogP contribution in [0.4, 0.5) is 22.7 Å². The molecule has 0 spiro atoms. The second-order valence-corrected chi connectivity index (χ2v) is 7.29. The number of quaternary nitrogens is 1. The number of likely N-dealkylation sites (N-methyl/N-ethyl adjacent to an activating group) is 1. The molecule has 0 saturated heterocycles. The topological polar surface area (TPSA) is 123 Å². The maximum Gasteiger partial charge on any atom is 0.279 e. The number of anilines is 2. The molecule has 2 N–H and O–H groups in total. The molecule has 2 rings (SSSR count). The minimum absolute atomic E-state index is 0.0187. The molecule has 0 heterocycles. The molecule has 0 saturated carbocycles. The highest BCUT2D eigenvalue weighted by atomic mass is 16.3. The van der Waals surface area contributed by atoms with Crippen molar-refractivity contribution < 1.29 is 24.0 Å². The number of nitrogens with one attached hydrogen (secondary N) is 2. The van der Waals surface area contributed by atoms with E-state index in [4.69, 9.17) is 9.90 Å². The minimum Gasteiger partial charge on any atom is -0.554 e. The minimum atomic E-state index is -0.500. The van der Waals surface area contributed by atoms with Crippen LogP contribution < -0.4 is 15.7 Å². The van der Waals surface area contributed by atoms with E-state index in [0.717, 1.165) is 35.5 Å². The van der Waals surface area contributed by atoms with Crippen LogP contribution in [0.5, 0.6) is 0 Å². The second-order valence-electron chi connectivity index (χ2n) is 7.29. The molecule has 9 heteroatoms. The Morgan fingerprint density at radius 1 is 0.788 bits per heavy atom. The lowest BCUT2D eigenvalue weighted by molar-refractivity contribution is -0.915. The highest BCUT2D eigenvalue weighted by Gasteiger charge is 2.24. The maximum absolute atomic E-state index is 12.4. The normalized spacial score (nSPS) is 10.8. The van der Waals surface area contributed by atoms with Crippen LogP contribution in [0.3, 0.4) is 0 Å². The van der Waals surface area contributed by atoms with Gasteiger partial charge in [0.15, 0.2) is 6.54 Å². The predicted molar refractivity (Wildman–Crippen MR) is 127 cm³/mol.